The van der Waals surface area contributed by atoms with E-state index in [-0.39, 0.29) is 11.2 Å². The van der Waals surface area contributed by atoms with E-state index < -0.39 is 17.8 Å². The molecule has 1 aliphatic rings. The normalized spacial score (nSPS) is 20.3. The maximum absolute atomic E-state index is 12.7. The minimum atomic E-state index is -4.59. The van der Waals surface area contributed by atoms with Crippen LogP contribution in [0.2, 0.25) is 0 Å². The summed E-state index contributed by atoms with van der Waals surface area (Å²) in [5.41, 5.74) is 0.0634. The molecule has 2 N–H and O–H groups in total. The molecule has 0 radical (unpaired) electrons. The van der Waals surface area contributed by atoms with Crippen LogP contribution in [0.5, 0.6) is 0 Å². The molecule has 3 rings (SSSR count). The van der Waals surface area contributed by atoms with E-state index in [1.807, 2.05) is 19.1 Å². The van der Waals surface area contributed by atoms with Crippen molar-refractivity contribution < 1.29 is 22.7 Å². The number of nitrogens with zero attached hydrogens (tertiary/aromatic N) is 1. The van der Waals surface area contributed by atoms with Crippen molar-refractivity contribution in [2.75, 3.05) is 25.0 Å². The number of amides is 1. The van der Waals surface area contributed by atoms with Gasteiger partial charge in [-0.1, -0.05) is 12.1 Å². The second-order valence-electron chi connectivity index (χ2n) is 6.73. The third kappa shape index (κ3) is 5.05. The summed E-state index contributed by atoms with van der Waals surface area (Å²) in [6.07, 6.45) is -2.91. The molecule has 1 aliphatic heterocycles. The van der Waals surface area contributed by atoms with Crippen molar-refractivity contribution in [3.8, 4) is 0 Å². The molecule has 27 heavy (non-hydrogen) atoms. The van der Waals surface area contributed by atoms with Crippen LogP contribution in [0.15, 0.2) is 42.6 Å². The lowest BCUT2D eigenvalue weighted by Crippen LogP contribution is -2.48. The second-order valence-corrected chi connectivity index (χ2v) is 6.73. The molecule has 0 unspecified atom stereocenters. The number of alkyl halides is 3. The van der Waals surface area contributed by atoms with Crippen LogP contribution in [0.3, 0.4) is 0 Å². The van der Waals surface area contributed by atoms with E-state index in [9.17, 15) is 18.0 Å². The summed E-state index contributed by atoms with van der Waals surface area (Å²) in [6.45, 7) is 4.30. The number of pyridine rings is 1. The van der Waals surface area contributed by atoms with Crippen LogP contribution in [-0.4, -0.2) is 36.2 Å². The molecule has 1 amide bonds. The van der Waals surface area contributed by atoms with Gasteiger partial charge >= 0.3 is 6.18 Å². The van der Waals surface area contributed by atoms with Gasteiger partial charge in [-0.2, -0.15) is 13.2 Å². The number of rotatable bonds is 4. The summed E-state index contributed by atoms with van der Waals surface area (Å²) in [5, 5.41) is 5.90. The lowest BCUT2D eigenvalue weighted by atomic mass is 9.95. The summed E-state index contributed by atoms with van der Waals surface area (Å²) in [6, 6.07) is 9.15. The first-order valence-corrected chi connectivity index (χ1v) is 8.53. The molecule has 0 saturated carbocycles. The zero-order valence-corrected chi connectivity index (χ0v) is 14.8. The highest BCUT2D eigenvalue weighted by molar-refractivity contribution is 6.04. The highest BCUT2D eigenvalue weighted by atomic mass is 19.4. The topological polar surface area (TPSA) is 63.2 Å². The standard InChI is InChI=1S/C19H20F3N3O2/c1-18(12-23-8-9-27-18)11-13-2-4-15(5-3-13)25-17(26)14-6-7-24-16(10-14)19(20,21)22/h2-7,10,23H,8-9,11-12H2,1H3,(H,25,26)/t18-/m1/s1. The highest BCUT2D eigenvalue weighted by Gasteiger charge is 2.33. The van der Waals surface area contributed by atoms with Crippen molar-refractivity contribution in [2.24, 2.45) is 0 Å². The van der Waals surface area contributed by atoms with Crippen LogP contribution in [0.25, 0.3) is 0 Å². The molecule has 0 spiro atoms. The number of aromatic nitrogens is 1. The number of nitrogens with one attached hydrogen (secondary N) is 2. The van der Waals surface area contributed by atoms with Gasteiger partial charge in [0.25, 0.3) is 5.91 Å². The Morgan fingerprint density at radius 2 is 2.04 bits per heavy atom. The third-order valence-corrected chi connectivity index (χ3v) is 4.33. The summed E-state index contributed by atoms with van der Waals surface area (Å²) in [4.78, 5) is 15.5. The van der Waals surface area contributed by atoms with Crippen molar-refractivity contribution >= 4 is 11.6 Å². The zero-order chi connectivity index (χ0) is 19.5. The van der Waals surface area contributed by atoms with E-state index in [0.717, 1.165) is 30.9 Å². The maximum atomic E-state index is 12.7. The number of hydrogen-bond donors (Lipinski definition) is 2. The van der Waals surface area contributed by atoms with Crippen LogP contribution in [0.1, 0.15) is 28.5 Å². The quantitative estimate of drug-likeness (QED) is 0.856. The molecular weight excluding hydrogens is 359 g/mol. The second kappa shape index (κ2) is 7.66. The Hall–Kier alpha value is -2.45. The van der Waals surface area contributed by atoms with E-state index in [1.165, 1.54) is 6.07 Å². The van der Waals surface area contributed by atoms with Crippen LogP contribution in [-0.2, 0) is 17.3 Å². The molecule has 5 nitrogen and oxygen atoms in total. The molecule has 1 aromatic heterocycles. The Balaban J connectivity index is 1.65. The van der Waals surface area contributed by atoms with Crippen molar-refractivity contribution in [3.63, 3.8) is 0 Å². The fourth-order valence-corrected chi connectivity index (χ4v) is 2.95. The van der Waals surface area contributed by atoms with Gasteiger partial charge in [-0.3, -0.25) is 9.78 Å². The average Bonchev–Trinajstić information content (AvgIpc) is 2.63. The minimum absolute atomic E-state index is 0.101. The summed E-state index contributed by atoms with van der Waals surface area (Å²) >= 11 is 0. The van der Waals surface area contributed by atoms with Gasteiger partial charge in [0.15, 0.2) is 0 Å². The first-order chi connectivity index (χ1) is 12.8. The lowest BCUT2D eigenvalue weighted by molar-refractivity contribution is -0.141. The third-order valence-electron chi connectivity index (χ3n) is 4.33. The number of carbonyl (C=O) groups is 1. The summed E-state index contributed by atoms with van der Waals surface area (Å²) < 4.78 is 44.0. The number of hydrogen-bond acceptors (Lipinski definition) is 4. The van der Waals surface area contributed by atoms with Crippen LogP contribution in [0.4, 0.5) is 18.9 Å². The largest absolute Gasteiger partial charge is 0.433 e. The Labute approximate surface area is 154 Å². The molecule has 1 atom stereocenters. The molecule has 1 aromatic carbocycles. The predicted octanol–water partition coefficient (Wildman–Crippen LogP) is 3.27. The van der Waals surface area contributed by atoms with E-state index in [4.69, 9.17) is 4.74 Å². The molecule has 2 aromatic rings. The van der Waals surface area contributed by atoms with Crippen LogP contribution >= 0.6 is 0 Å². The Morgan fingerprint density at radius 3 is 2.67 bits per heavy atom. The van der Waals surface area contributed by atoms with Gasteiger partial charge in [0.05, 0.1) is 12.2 Å². The molecule has 144 valence electrons. The molecule has 8 heteroatoms. The van der Waals surface area contributed by atoms with Crippen LogP contribution in [0, 0.1) is 0 Å². The fraction of sp³-hybridized carbons (Fsp3) is 0.368. The first kappa shape index (κ1) is 19.3. The fourth-order valence-electron chi connectivity index (χ4n) is 2.95. The Kier molecular flexibility index (Phi) is 5.48. The van der Waals surface area contributed by atoms with Gasteiger partial charge in [0, 0.05) is 37.0 Å². The molecular formula is C19H20F3N3O2. The van der Waals surface area contributed by atoms with E-state index in [2.05, 4.69) is 15.6 Å². The molecule has 2 heterocycles. The number of benzene rings is 1. The van der Waals surface area contributed by atoms with Crippen molar-refractivity contribution in [3.05, 3.63) is 59.4 Å². The van der Waals surface area contributed by atoms with Gasteiger partial charge < -0.3 is 15.4 Å². The smallest absolute Gasteiger partial charge is 0.372 e. The minimum Gasteiger partial charge on any atom is -0.372 e. The number of ether oxygens (including phenoxy) is 1. The van der Waals surface area contributed by atoms with Crippen molar-refractivity contribution in [2.45, 2.75) is 25.1 Å². The maximum Gasteiger partial charge on any atom is 0.433 e. The number of carbonyl (C=O) groups excluding carboxylic acids is 1. The lowest BCUT2D eigenvalue weighted by Gasteiger charge is -2.34. The Bertz CT molecular complexity index is 801. The van der Waals surface area contributed by atoms with E-state index in [0.29, 0.717) is 18.7 Å². The van der Waals surface area contributed by atoms with Gasteiger partial charge in [-0.25, -0.2) is 0 Å². The van der Waals surface area contributed by atoms with Crippen molar-refractivity contribution in [1.29, 1.82) is 0 Å². The van der Waals surface area contributed by atoms with Crippen molar-refractivity contribution in [1.82, 2.24) is 10.3 Å². The Morgan fingerprint density at radius 1 is 1.30 bits per heavy atom. The zero-order valence-electron chi connectivity index (χ0n) is 14.8. The summed E-state index contributed by atoms with van der Waals surface area (Å²) in [5.74, 6) is -0.623. The monoisotopic (exact) mass is 379 g/mol. The molecule has 0 aliphatic carbocycles. The highest BCUT2D eigenvalue weighted by Crippen LogP contribution is 2.28. The number of anilines is 1. The van der Waals surface area contributed by atoms with E-state index in [1.54, 1.807) is 12.1 Å². The molecule has 1 saturated heterocycles. The summed E-state index contributed by atoms with van der Waals surface area (Å²) in [7, 11) is 0. The average molecular weight is 379 g/mol. The first-order valence-electron chi connectivity index (χ1n) is 8.53. The van der Waals surface area contributed by atoms with Gasteiger partial charge in [0.1, 0.15) is 5.69 Å². The number of halogens is 3. The predicted molar refractivity (Wildman–Crippen MR) is 94.6 cm³/mol. The van der Waals surface area contributed by atoms with Gasteiger partial charge in [-0.05, 0) is 36.8 Å². The van der Waals surface area contributed by atoms with Gasteiger partial charge in [-0.15, -0.1) is 0 Å². The molecule has 0 bridgehead atoms. The van der Waals surface area contributed by atoms with E-state index >= 15 is 0 Å². The van der Waals surface area contributed by atoms with Gasteiger partial charge in [0.2, 0.25) is 0 Å². The number of morpholine rings is 1. The SMILES string of the molecule is C[C@@]1(Cc2ccc(NC(=O)c3ccnc(C(F)(F)F)c3)cc2)CNCCO1. The molecule has 1 fully saturated rings. The van der Waals surface area contributed by atoms with Crippen LogP contribution < -0.4 is 10.6 Å².